The van der Waals surface area contributed by atoms with Crippen LogP contribution in [0, 0.1) is 11.6 Å². The molecule has 2 rings (SSSR count). The number of benzene rings is 1. The summed E-state index contributed by atoms with van der Waals surface area (Å²) in [5.74, 6) is -2.04. The van der Waals surface area contributed by atoms with Gasteiger partial charge in [0, 0.05) is 10.9 Å². The molecule has 0 aromatic heterocycles. The first kappa shape index (κ1) is 12.7. The molecule has 0 aliphatic carbocycles. The van der Waals surface area contributed by atoms with E-state index in [9.17, 15) is 8.78 Å². The van der Waals surface area contributed by atoms with Crippen molar-refractivity contribution in [2.45, 2.75) is 12.7 Å². The number of rotatable bonds is 4. The van der Waals surface area contributed by atoms with Crippen LogP contribution >= 0.6 is 15.9 Å². The van der Waals surface area contributed by atoms with E-state index in [2.05, 4.69) is 15.9 Å². The van der Waals surface area contributed by atoms with Crippen molar-refractivity contribution in [3.05, 3.63) is 28.2 Å². The van der Waals surface area contributed by atoms with Gasteiger partial charge in [-0.2, -0.15) is 4.39 Å². The molecule has 1 aromatic carbocycles. The van der Waals surface area contributed by atoms with Gasteiger partial charge < -0.3 is 14.2 Å². The SMILES string of the molecule is Fc1cc(Br)cc(OCCC2OCCO2)c1F. The van der Waals surface area contributed by atoms with Crippen molar-refractivity contribution in [3.8, 4) is 5.75 Å². The minimum atomic E-state index is -0.985. The van der Waals surface area contributed by atoms with Crippen molar-refractivity contribution in [2.24, 2.45) is 0 Å². The molecule has 0 unspecified atom stereocenters. The van der Waals surface area contributed by atoms with Gasteiger partial charge in [0.05, 0.1) is 19.8 Å². The molecule has 0 saturated carbocycles. The monoisotopic (exact) mass is 308 g/mol. The molecule has 94 valence electrons. The first-order valence-electron chi connectivity index (χ1n) is 5.17. The second kappa shape index (κ2) is 5.75. The summed E-state index contributed by atoms with van der Waals surface area (Å²) in [5, 5.41) is 0. The van der Waals surface area contributed by atoms with Gasteiger partial charge in [-0.15, -0.1) is 0 Å². The lowest BCUT2D eigenvalue weighted by atomic mass is 10.3. The molecule has 0 radical (unpaired) electrons. The highest BCUT2D eigenvalue weighted by atomic mass is 79.9. The maximum absolute atomic E-state index is 13.3. The second-order valence-electron chi connectivity index (χ2n) is 3.51. The summed E-state index contributed by atoms with van der Waals surface area (Å²) in [4.78, 5) is 0. The first-order valence-corrected chi connectivity index (χ1v) is 5.96. The molecule has 1 aliphatic heterocycles. The minimum Gasteiger partial charge on any atom is -0.490 e. The second-order valence-corrected chi connectivity index (χ2v) is 4.42. The summed E-state index contributed by atoms with van der Waals surface area (Å²) in [6.07, 6.45) is 0.170. The zero-order valence-corrected chi connectivity index (χ0v) is 10.5. The molecule has 0 N–H and O–H groups in total. The van der Waals surface area contributed by atoms with Crippen LogP contribution in [0.4, 0.5) is 8.78 Å². The number of ether oxygens (including phenoxy) is 3. The molecule has 3 nitrogen and oxygen atoms in total. The maximum Gasteiger partial charge on any atom is 0.200 e. The van der Waals surface area contributed by atoms with E-state index in [1.807, 2.05) is 0 Å². The van der Waals surface area contributed by atoms with Gasteiger partial charge in [-0.05, 0) is 12.1 Å². The van der Waals surface area contributed by atoms with Crippen molar-refractivity contribution in [1.29, 1.82) is 0 Å². The molecule has 0 amide bonds. The molecular formula is C11H11BrF2O3. The molecule has 17 heavy (non-hydrogen) atoms. The van der Waals surface area contributed by atoms with Crippen LogP contribution in [0.25, 0.3) is 0 Å². The molecular weight excluding hydrogens is 298 g/mol. The highest BCUT2D eigenvalue weighted by Crippen LogP contribution is 2.25. The van der Waals surface area contributed by atoms with Crippen LogP contribution in [0.15, 0.2) is 16.6 Å². The van der Waals surface area contributed by atoms with Crippen molar-refractivity contribution in [1.82, 2.24) is 0 Å². The van der Waals surface area contributed by atoms with Gasteiger partial charge in [0.15, 0.2) is 17.9 Å². The summed E-state index contributed by atoms with van der Waals surface area (Å²) in [6, 6.07) is 2.43. The first-order chi connectivity index (χ1) is 8.16. The van der Waals surface area contributed by atoms with E-state index < -0.39 is 11.6 Å². The number of hydrogen-bond acceptors (Lipinski definition) is 3. The molecule has 0 spiro atoms. The molecule has 6 heteroatoms. The molecule has 0 bridgehead atoms. The van der Waals surface area contributed by atoms with Gasteiger partial charge in [0.1, 0.15) is 0 Å². The van der Waals surface area contributed by atoms with Crippen LogP contribution in [0.2, 0.25) is 0 Å². The number of hydrogen-bond donors (Lipinski definition) is 0. The summed E-state index contributed by atoms with van der Waals surface area (Å²) in [5.41, 5.74) is 0. The third-order valence-corrected chi connectivity index (χ3v) is 2.72. The Labute approximate surface area is 106 Å². The third kappa shape index (κ3) is 3.37. The average Bonchev–Trinajstić information content (AvgIpc) is 2.78. The lowest BCUT2D eigenvalue weighted by Crippen LogP contribution is -2.13. The smallest absolute Gasteiger partial charge is 0.200 e. The molecule has 1 saturated heterocycles. The summed E-state index contributed by atoms with van der Waals surface area (Å²) < 4.78 is 42.3. The van der Waals surface area contributed by atoms with Gasteiger partial charge in [-0.25, -0.2) is 4.39 Å². The van der Waals surface area contributed by atoms with Gasteiger partial charge >= 0.3 is 0 Å². The standard InChI is InChI=1S/C11H11BrF2O3/c12-7-5-8(13)11(14)9(6-7)15-2-1-10-16-3-4-17-10/h5-6,10H,1-4H2. The quantitative estimate of drug-likeness (QED) is 0.801. The van der Waals surface area contributed by atoms with Gasteiger partial charge in [0.25, 0.3) is 0 Å². The highest BCUT2D eigenvalue weighted by molar-refractivity contribution is 9.10. The van der Waals surface area contributed by atoms with E-state index in [1.165, 1.54) is 6.07 Å². The Morgan fingerprint density at radius 3 is 2.71 bits per heavy atom. The largest absolute Gasteiger partial charge is 0.490 e. The van der Waals surface area contributed by atoms with E-state index in [0.717, 1.165) is 6.07 Å². The van der Waals surface area contributed by atoms with Crippen LogP contribution in [-0.4, -0.2) is 26.1 Å². The van der Waals surface area contributed by atoms with Gasteiger partial charge in [0.2, 0.25) is 5.82 Å². The zero-order valence-electron chi connectivity index (χ0n) is 8.92. The van der Waals surface area contributed by atoms with Crippen LogP contribution in [0.1, 0.15) is 6.42 Å². The van der Waals surface area contributed by atoms with Crippen molar-refractivity contribution >= 4 is 15.9 Å². The molecule has 1 heterocycles. The van der Waals surface area contributed by atoms with Gasteiger partial charge in [-0.3, -0.25) is 0 Å². The van der Waals surface area contributed by atoms with Crippen molar-refractivity contribution in [3.63, 3.8) is 0 Å². The Morgan fingerprint density at radius 1 is 1.29 bits per heavy atom. The lowest BCUT2D eigenvalue weighted by molar-refractivity contribution is -0.0533. The number of halogens is 3. The predicted molar refractivity (Wildman–Crippen MR) is 59.9 cm³/mol. The van der Waals surface area contributed by atoms with Crippen LogP contribution in [0.3, 0.4) is 0 Å². The van der Waals surface area contributed by atoms with Crippen LogP contribution in [0.5, 0.6) is 5.75 Å². The lowest BCUT2D eigenvalue weighted by Gasteiger charge is -2.11. The molecule has 1 fully saturated rings. The minimum absolute atomic E-state index is 0.116. The summed E-state index contributed by atoms with van der Waals surface area (Å²) in [6.45, 7) is 1.33. The Morgan fingerprint density at radius 2 is 2.00 bits per heavy atom. The molecule has 1 aromatic rings. The normalized spacial score (nSPS) is 16.4. The fourth-order valence-corrected chi connectivity index (χ4v) is 1.89. The molecule has 1 aliphatic rings. The Kier molecular flexibility index (Phi) is 4.31. The summed E-state index contributed by atoms with van der Waals surface area (Å²) in [7, 11) is 0. The molecule has 0 atom stereocenters. The Balaban J connectivity index is 1.89. The van der Waals surface area contributed by atoms with Crippen LogP contribution in [-0.2, 0) is 9.47 Å². The fourth-order valence-electron chi connectivity index (χ4n) is 1.48. The Bertz CT molecular complexity index is 395. The van der Waals surface area contributed by atoms with E-state index in [1.54, 1.807) is 0 Å². The Hall–Kier alpha value is -0.720. The van der Waals surface area contributed by atoms with E-state index in [-0.39, 0.29) is 18.6 Å². The topological polar surface area (TPSA) is 27.7 Å². The fraction of sp³-hybridized carbons (Fsp3) is 0.455. The zero-order chi connectivity index (χ0) is 12.3. The highest BCUT2D eigenvalue weighted by Gasteiger charge is 2.17. The van der Waals surface area contributed by atoms with E-state index in [0.29, 0.717) is 24.1 Å². The summed E-state index contributed by atoms with van der Waals surface area (Å²) >= 11 is 3.07. The van der Waals surface area contributed by atoms with Gasteiger partial charge in [-0.1, -0.05) is 15.9 Å². The van der Waals surface area contributed by atoms with Crippen molar-refractivity contribution in [2.75, 3.05) is 19.8 Å². The third-order valence-electron chi connectivity index (χ3n) is 2.26. The maximum atomic E-state index is 13.3. The van der Waals surface area contributed by atoms with E-state index >= 15 is 0 Å². The van der Waals surface area contributed by atoms with Crippen LogP contribution < -0.4 is 4.74 Å². The van der Waals surface area contributed by atoms with E-state index in [4.69, 9.17) is 14.2 Å². The van der Waals surface area contributed by atoms with Crippen molar-refractivity contribution < 1.29 is 23.0 Å². The predicted octanol–water partition coefficient (Wildman–Crippen LogP) is 2.87. The average molecular weight is 309 g/mol.